The minimum Gasteiger partial charge on any atom is -0.493 e. The summed E-state index contributed by atoms with van der Waals surface area (Å²) in [5, 5.41) is 11.5. The van der Waals surface area contributed by atoms with E-state index < -0.39 is 29.9 Å². The summed E-state index contributed by atoms with van der Waals surface area (Å²) >= 11 is 0. The van der Waals surface area contributed by atoms with Gasteiger partial charge in [-0.3, -0.25) is 4.98 Å². The van der Waals surface area contributed by atoms with E-state index in [0.717, 1.165) is 17.0 Å². The lowest BCUT2D eigenvalue weighted by molar-refractivity contribution is -0.276. The molecular weight excluding hydrogens is 501 g/mol. The molecule has 0 radical (unpaired) electrons. The highest BCUT2D eigenvalue weighted by Gasteiger charge is 2.34. The van der Waals surface area contributed by atoms with E-state index in [2.05, 4.69) is 14.7 Å². The number of hydrogen-bond donors (Lipinski definition) is 1. The molecule has 0 saturated heterocycles. The second-order valence-electron chi connectivity index (χ2n) is 10.1. The molecule has 5 rings (SSSR count). The first kappa shape index (κ1) is 25.7. The maximum absolute atomic E-state index is 12.9. The smallest absolute Gasteiger partial charge is 0.493 e. The Balaban J connectivity index is 1.87. The summed E-state index contributed by atoms with van der Waals surface area (Å²) in [6.07, 6.45) is -3.92. The van der Waals surface area contributed by atoms with E-state index in [-0.39, 0.29) is 5.52 Å². The lowest BCUT2D eigenvalue weighted by Crippen LogP contribution is -2.28. The van der Waals surface area contributed by atoms with Gasteiger partial charge >= 0.3 is 12.3 Å². The molecule has 4 aromatic rings. The number of benzene rings is 2. The minimum atomic E-state index is -4.91. The number of fused-ring (bicyclic) bond motifs is 1. The van der Waals surface area contributed by atoms with Crippen LogP contribution in [0.15, 0.2) is 42.6 Å². The van der Waals surface area contributed by atoms with E-state index in [1.165, 1.54) is 6.07 Å². The fourth-order valence-corrected chi connectivity index (χ4v) is 4.90. The first-order valence-electron chi connectivity index (χ1n) is 12.0. The van der Waals surface area contributed by atoms with Gasteiger partial charge in [-0.2, -0.15) is 0 Å². The lowest BCUT2D eigenvalue weighted by atomic mass is 9.86. The summed E-state index contributed by atoms with van der Waals surface area (Å²) in [5.74, 6) is -1.16. The predicted octanol–water partition coefficient (Wildman–Crippen LogP) is 6.53. The molecule has 1 aliphatic heterocycles. The molecule has 7 nitrogen and oxygen atoms in total. The molecule has 10 heteroatoms. The van der Waals surface area contributed by atoms with Crippen molar-refractivity contribution in [2.45, 2.75) is 52.2 Å². The molecule has 198 valence electrons. The molecule has 1 unspecified atom stereocenters. The average molecular weight is 527 g/mol. The van der Waals surface area contributed by atoms with Gasteiger partial charge in [0.05, 0.1) is 23.2 Å². The molecule has 0 fully saturated rings. The van der Waals surface area contributed by atoms with Crippen LogP contribution in [0.25, 0.3) is 32.9 Å². The molecule has 0 bridgehead atoms. The Morgan fingerprint density at radius 2 is 1.89 bits per heavy atom. The average Bonchev–Trinajstić information content (AvgIpc) is 2.81. The largest absolute Gasteiger partial charge is 0.574 e. The standard InChI is InChI=1S/C28H25F3N2O5/c1-14-13-18-16(6-8-20(33-18)37-28(29,30)31)23(21(14)25(26(34)35)38-27(2,3)4)17-5-7-19-22-15(10-12-36-19)9-11-32-24(17)22/h5-9,11,13,25H,10,12H2,1-4H3,(H,34,35). The van der Waals surface area contributed by atoms with Crippen molar-refractivity contribution in [2.24, 2.45) is 0 Å². The monoisotopic (exact) mass is 526 g/mol. The summed E-state index contributed by atoms with van der Waals surface area (Å²) in [7, 11) is 0. The highest BCUT2D eigenvalue weighted by atomic mass is 19.4. The van der Waals surface area contributed by atoms with Crippen LogP contribution in [0.3, 0.4) is 0 Å². The Kier molecular flexibility index (Phi) is 6.18. The summed E-state index contributed by atoms with van der Waals surface area (Å²) in [6.45, 7) is 7.46. The highest BCUT2D eigenvalue weighted by Crippen LogP contribution is 2.45. The maximum Gasteiger partial charge on any atom is 0.574 e. The lowest BCUT2D eigenvalue weighted by Gasteiger charge is -2.29. The maximum atomic E-state index is 12.9. The topological polar surface area (TPSA) is 90.8 Å². The quantitative estimate of drug-likeness (QED) is 0.316. The van der Waals surface area contributed by atoms with Crippen LogP contribution in [0.1, 0.15) is 43.6 Å². The van der Waals surface area contributed by atoms with Crippen LogP contribution in [0.5, 0.6) is 11.6 Å². The summed E-state index contributed by atoms with van der Waals surface area (Å²) in [4.78, 5) is 21.3. The molecule has 1 atom stereocenters. The third-order valence-corrected chi connectivity index (χ3v) is 6.23. The van der Waals surface area contributed by atoms with Crippen molar-refractivity contribution in [3.05, 3.63) is 59.3 Å². The fraction of sp³-hybridized carbons (Fsp3) is 0.321. The number of hydrogen-bond acceptors (Lipinski definition) is 6. The number of carbonyl (C=O) groups is 1. The fourth-order valence-electron chi connectivity index (χ4n) is 4.90. The number of aryl methyl sites for hydroxylation is 1. The third-order valence-electron chi connectivity index (χ3n) is 6.23. The van der Waals surface area contributed by atoms with Gasteiger partial charge in [0.1, 0.15) is 5.75 Å². The third kappa shape index (κ3) is 4.83. The number of rotatable bonds is 5. The first-order chi connectivity index (χ1) is 17.8. The summed E-state index contributed by atoms with van der Waals surface area (Å²) in [5.41, 5.74) is 2.93. The molecule has 1 aliphatic rings. The van der Waals surface area contributed by atoms with Crippen LogP contribution < -0.4 is 9.47 Å². The summed E-state index contributed by atoms with van der Waals surface area (Å²) in [6, 6.07) is 9.60. The van der Waals surface area contributed by atoms with Gasteiger partial charge in [0.25, 0.3) is 0 Å². The molecule has 2 aromatic heterocycles. The van der Waals surface area contributed by atoms with E-state index in [1.807, 2.05) is 6.07 Å². The molecular formula is C28H25F3N2O5. The van der Waals surface area contributed by atoms with Crippen molar-refractivity contribution in [3.63, 3.8) is 0 Å². The summed E-state index contributed by atoms with van der Waals surface area (Å²) < 4.78 is 54.6. The van der Waals surface area contributed by atoms with Gasteiger partial charge in [-0.1, -0.05) is 0 Å². The van der Waals surface area contributed by atoms with Crippen LogP contribution in [0.4, 0.5) is 13.2 Å². The van der Waals surface area contributed by atoms with Crippen molar-refractivity contribution in [2.75, 3.05) is 6.61 Å². The predicted molar refractivity (Wildman–Crippen MR) is 134 cm³/mol. The van der Waals surface area contributed by atoms with E-state index in [4.69, 9.17) is 9.47 Å². The van der Waals surface area contributed by atoms with Crippen molar-refractivity contribution in [1.29, 1.82) is 0 Å². The number of aromatic nitrogens is 2. The normalized spacial score (nSPS) is 14.4. The molecule has 2 aromatic carbocycles. The second kappa shape index (κ2) is 9.13. The van der Waals surface area contributed by atoms with Gasteiger partial charge in [0.2, 0.25) is 5.88 Å². The number of alkyl halides is 3. The molecule has 3 heterocycles. The molecule has 1 N–H and O–H groups in total. The minimum absolute atomic E-state index is 0.208. The van der Waals surface area contributed by atoms with Gasteiger partial charge in [-0.25, -0.2) is 9.78 Å². The zero-order valence-corrected chi connectivity index (χ0v) is 21.1. The van der Waals surface area contributed by atoms with Gasteiger partial charge in [-0.15, -0.1) is 13.2 Å². The van der Waals surface area contributed by atoms with Crippen LogP contribution in [-0.2, 0) is 16.0 Å². The van der Waals surface area contributed by atoms with Gasteiger partial charge in [0.15, 0.2) is 6.10 Å². The number of pyridine rings is 2. The van der Waals surface area contributed by atoms with Gasteiger partial charge in [-0.05, 0) is 74.7 Å². The van der Waals surface area contributed by atoms with E-state index >= 15 is 0 Å². The van der Waals surface area contributed by atoms with E-state index in [9.17, 15) is 23.1 Å². The Morgan fingerprint density at radius 3 is 2.58 bits per heavy atom. The Bertz CT molecular complexity index is 1570. The number of halogens is 3. The first-order valence-corrected chi connectivity index (χ1v) is 12.0. The molecule has 38 heavy (non-hydrogen) atoms. The van der Waals surface area contributed by atoms with E-state index in [1.54, 1.807) is 52.1 Å². The SMILES string of the molecule is Cc1cc2nc(OC(F)(F)F)ccc2c(-c2ccc3c4c(ccnc24)CCO3)c1C(OC(C)(C)C)C(=O)O. The number of nitrogens with zero attached hydrogens (tertiary/aromatic N) is 2. The van der Waals surface area contributed by atoms with Gasteiger partial charge in [0, 0.05) is 40.6 Å². The van der Waals surface area contributed by atoms with Gasteiger partial charge < -0.3 is 19.3 Å². The number of carboxylic acid groups (broad SMARTS) is 1. The molecule has 0 spiro atoms. The Morgan fingerprint density at radius 1 is 1.13 bits per heavy atom. The Labute approximate surface area is 216 Å². The zero-order chi connectivity index (χ0) is 27.4. The van der Waals surface area contributed by atoms with E-state index in [0.29, 0.717) is 51.9 Å². The van der Waals surface area contributed by atoms with Crippen molar-refractivity contribution < 1.29 is 37.3 Å². The molecule has 0 amide bonds. The van der Waals surface area contributed by atoms with Crippen molar-refractivity contribution in [1.82, 2.24) is 9.97 Å². The van der Waals surface area contributed by atoms with Crippen LogP contribution in [0, 0.1) is 6.92 Å². The number of carboxylic acids is 1. The second-order valence-corrected chi connectivity index (χ2v) is 10.1. The van der Waals surface area contributed by atoms with Crippen LogP contribution in [-0.4, -0.2) is 39.6 Å². The molecule has 0 saturated carbocycles. The Hall–Kier alpha value is -3.92. The molecule has 0 aliphatic carbocycles. The zero-order valence-electron chi connectivity index (χ0n) is 21.1. The highest BCUT2D eigenvalue weighted by molar-refractivity contribution is 6.08. The number of ether oxygens (including phenoxy) is 3. The van der Waals surface area contributed by atoms with Crippen molar-refractivity contribution in [3.8, 4) is 22.8 Å². The van der Waals surface area contributed by atoms with Crippen LogP contribution in [0.2, 0.25) is 0 Å². The number of aliphatic carboxylic acids is 1. The van der Waals surface area contributed by atoms with Crippen molar-refractivity contribution >= 4 is 27.8 Å². The van der Waals surface area contributed by atoms with Crippen LogP contribution >= 0.6 is 0 Å².